The third kappa shape index (κ3) is 5.23. The fourth-order valence-corrected chi connectivity index (χ4v) is 5.02. The first-order valence-corrected chi connectivity index (χ1v) is 13.2. The van der Waals surface area contributed by atoms with Crippen LogP contribution in [0.4, 0.5) is 0 Å². The van der Waals surface area contributed by atoms with Crippen molar-refractivity contribution in [3.8, 4) is 0 Å². The first-order valence-electron chi connectivity index (χ1n) is 10.3. The summed E-state index contributed by atoms with van der Waals surface area (Å²) in [6.45, 7) is 19.1. The van der Waals surface area contributed by atoms with Crippen LogP contribution in [-0.4, -0.2) is 32.2 Å². The average molecular weight is 393 g/mol. The summed E-state index contributed by atoms with van der Waals surface area (Å²) in [6.07, 6.45) is 0.794. The highest BCUT2D eigenvalue weighted by molar-refractivity contribution is 6.74. The Morgan fingerprint density at radius 1 is 1.15 bits per heavy atom. The average Bonchev–Trinajstić information content (AvgIpc) is 2.55. The fraction of sp³-hybridized carbons (Fsp3) is 0.739. The van der Waals surface area contributed by atoms with E-state index in [0.717, 1.165) is 6.42 Å². The van der Waals surface area contributed by atoms with Crippen molar-refractivity contribution < 1.29 is 14.3 Å². The van der Waals surface area contributed by atoms with Crippen LogP contribution in [0.15, 0.2) is 30.3 Å². The van der Waals surface area contributed by atoms with Gasteiger partial charge in [0.05, 0.1) is 25.4 Å². The number of aliphatic hydroxyl groups excluding tert-OH is 1. The van der Waals surface area contributed by atoms with E-state index in [1.807, 2.05) is 13.0 Å². The molecule has 0 aliphatic heterocycles. The van der Waals surface area contributed by atoms with Gasteiger partial charge in [0.1, 0.15) is 0 Å². The second kappa shape index (κ2) is 8.36. The molecule has 0 bridgehead atoms. The van der Waals surface area contributed by atoms with Gasteiger partial charge in [-0.3, -0.25) is 0 Å². The van der Waals surface area contributed by atoms with E-state index < -0.39 is 8.32 Å². The second-order valence-corrected chi connectivity index (χ2v) is 15.2. The van der Waals surface area contributed by atoms with Gasteiger partial charge in [0.2, 0.25) is 0 Å². The van der Waals surface area contributed by atoms with E-state index >= 15 is 0 Å². The van der Waals surface area contributed by atoms with E-state index in [2.05, 4.69) is 72.0 Å². The molecule has 0 saturated heterocycles. The van der Waals surface area contributed by atoms with E-state index in [-0.39, 0.29) is 22.7 Å². The fourth-order valence-electron chi connectivity index (χ4n) is 4.01. The Kier molecular flexibility index (Phi) is 7.00. The lowest BCUT2D eigenvalue weighted by Gasteiger charge is -2.56. The van der Waals surface area contributed by atoms with Crippen molar-refractivity contribution in [3.05, 3.63) is 35.9 Å². The van der Waals surface area contributed by atoms with Crippen molar-refractivity contribution in [2.24, 2.45) is 17.3 Å². The molecule has 0 heterocycles. The first-order chi connectivity index (χ1) is 12.4. The van der Waals surface area contributed by atoms with Crippen LogP contribution < -0.4 is 0 Å². The molecule has 4 heteroatoms. The van der Waals surface area contributed by atoms with Gasteiger partial charge < -0.3 is 14.3 Å². The van der Waals surface area contributed by atoms with E-state index in [1.54, 1.807) is 0 Å². The molecule has 1 aliphatic carbocycles. The molecule has 0 spiro atoms. The molecule has 0 aromatic heterocycles. The zero-order valence-electron chi connectivity index (χ0n) is 18.6. The summed E-state index contributed by atoms with van der Waals surface area (Å²) >= 11 is 0. The minimum atomic E-state index is -1.83. The molecule has 4 atom stereocenters. The minimum absolute atomic E-state index is 0.0596. The summed E-state index contributed by atoms with van der Waals surface area (Å²) in [5.74, 6) is 0.740. The smallest absolute Gasteiger partial charge is 0.192 e. The number of benzene rings is 1. The molecule has 3 nitrogen and oxygen atoms in total. The van der Waals surface area contributed by atoms with Crippen LogP contribution in [0.2, 0.25) is 18.1 Å². The summed E-state index contributed by atoms with van der Waals surface area (Å²) in [5, 5.41) is 10.3. The molecule has 1 unspecified atom stereocenters. The van der Waals surface area contributed by atoms with E-state index in [4.69, 9.17) is 9.16 Å². The summed E-state index contributed by atoms with van der Waals surface area (Å²) in [6, 6.07) is 10.4. The summed E-state index contributed by atoms with van der Waals surface area (Å²) in [5.41, 5.74) is 1.26. The number of hydrogen-bond acceptors (Lipinski definition) is 3. The predicted molar refractivity (Wildman–Crippen MR) is 115 cm³/mol. The molecule has 154 valence electrons. The summed E-state index contributed by atoms with van der Waals surface area (Å²) in [4.78, 5) is 0. The van der Waals surface area contributed by atoms with Crippen molar-refractivity contribution in [2.45, 2.75) is 84.9 Å². The molecule has 1 fully saturated rings. The Morgan fingerprint density at radius 3 is 2.22 bits per heavy atom. The minimum Gasteiger partial charge on any atom is -0.414 e. The quantitative estimate of drug-likeness (QED) is 0.582. The lowest BCUT2D eigenvalue weighted by Crippen LogP contribution is -2.56. The largest absolute Gasteiger partial charge is 0.414 e. The molecular weight excluding hydrogens is 352 g/mol. The van der Waals surface area contributed by atoms with Gasteiger partial charge in [-0.15, -0.1) is 0 Å². The third-order valence-corrected chi connectivity index (χ3v) is 11.7. The summed E-state index contributed by atoms with van der Waals surface area (Å²) in [7, 11) is -1.83. The van der Waals surface area contributed by atoms with Crippen molar-refractivity contribution in [2.75, 3.05) is 6.61 Å². The topological polar surface area (TPSA) is 38.7 Å². The highest BCUT2D eigenvalue weighted by Crippen LogP contribution is 2.55. The van der Waals surface area contributed by atoms with Crippen molar-refractivity contribution >= 4 is 8.32 Å². The van der Waals surface area contributed by atoms with Crippen LogP contribution in [0.5, 0.6) is 0 Å². The summed E-state index contributed by atoms with van der Waals surface area (Å²) < 4.78 is 13.0. The van der Waals surface area contributed by atoms with E-state index in [1.165, 1.54) is 5.56 Å². The number of ether oxygens (including phenoxy) is 1. The molecule has 0 radical (unpaired) electrons. The zero-order valence-corrected chi connectivity index (χ0v) is 19.6. The highest BCUT2D eigenvalue weighted by atomic mass is 28.4. The molecule has 1 aromatic rings. The standard InChI is InChI=1S/C23H40O3Si/c1-17(24)19-14-20(23(19,5)6)21(16-26-27(7,8)22(2,3)4)25-15-18-12-10-9-11-13-18/h9-13,17,19-21,24H,14-16H2,1-8H3/t17?,19-,20+,21-/m0/s1. The van der Waals surface area contributed by atoms with Gasteiger partial charge in [-0.1, -0.05) is 65.0 Å². The number of rotatable bonds is 8. The van der Waals surface area contributed by atoms with Crippen LogP contribution in [0.25, 0.3) is 0 Å². The maximum absolute atomic E-state index is 10.1. The van der Waals surface area contributed by atoms with Crippen LogP contribution in [-0.2, 0) is 15.8 Å². The number of aliphatic hydroxyl groups is 1. The molecule has 1 N–H and O–H groups in total. The van der Waals surface area contributed by atoms with Gasteiger partial charge in [-0.2, -0.15) is 0 Å². The van der Waals surface area contributed by atoms with Gasteiger partial charge >= 0.3 is 0 Å². The molecule has 27 heavy (non-hydrogen) atoms. The predicted octanol–water partition coefficient (Wildman–Crippen LogP) is 5.64. The Morgan fingerprint density at radius 2 is 1.74 bits per heavy atom. The third-order valence-electron chi connectivity index (χ3n) is 7.17. The normalized spacial score (nSPS) is 24.9. The van der Waals surface area contributed by atoms with Gasteiger partial charge in [0.15, 0.2) is 8.32 Å². The Balaban J connectivity index is 2.09. The number of hydrogen-bond donors (Lipinski definition) is 1. The Hall–Kier alpha value is -0.683. The van der Waals surface area contributed by atoms with Gasteiger partial charge in [0, 0.05) is 0 Å². The monoisotopic (exact) mass is 392 g/mol. The Labute approximate surface area is 167 Å². The molecule has 2 rings (SSSR count). The van der Waals surface area contributed by atoms with Crippen molar-refractivity contribution in [3.63, 3.8) is 0 Å². The van der Waals surface area contributed by atoms with Gasteiger partial charge in [-0.25, -0.2) is 0 Å². The van der Waals surface area contributed by atoms with Crippen LogP contribution in [0.1, 0.15) is 53.5 Å². The van der Waals surface area contributed by atoms with Crippen molar-refractivity contribution in [1.29, 1.82) is 0 Å². The SMILES string of the molecule is CC(O)[C@@H]1C[C@H]([C@H](CO[Si](C)(C)C(C)(C)C)OCc2ccccc2)C1(C)C. The lowest BCUT2D eigenvalue weighted by molar-refractivity contribution is -0.163. The molecular formula is C23H40O3Si. The maximum atomic E-state index is 10.1. The molecule has 1 aliphatic rings. The molecule has 0 amide bonds. The maximum Gasteiger partial charge on any atom is 0.192 e. The lowest BCUT2D eigenvalue weighted by atomic mass is 9.51. The van der Waals surface area contributed by atoms with E-state index in [0.29, 0.717) is 25.0 Å². The van der Waals surface area contributed by atoms with Gasteiger partial charge in [-0.05, 0) is 54.3 Å². The molecule has 1 aromatic carbocycles. The Bertz CT molecular complexity index is 589. The zero-order chi connectivity index (χ0) is 20.5. The molecule has 1 saturated carbocycles. The van der Waals surface area contributed by atoms with Crippen LogP contribution in [0.3, 0.4) is 0 Å². The van der Waals surface area contributed by atoms with Crippen LogP contribution >= 0.6 is 0 Å². The van der Waals surface area contributed by atoms with Crippen LogP contribution in [0, 0.1) is 17.3 Å². The van der Waals surface area contributed by atoms with E-state index in [9.17, 15) is 5.11 Å². The highest BCUT2D eigenvalue weighted by Gasteiger charge is 2.53. The first kappa shape index (κ1) is 22.6. The van der Waals surface area contributed by atoms with Gasteiger partial charge in [0.25, 0.3) is 0 Å². The van der Waals surface area contributed by atoms with Crippen molar-refractivity contribution in [1.82, 2.24) is 0 Å². The second-order valence-electron chi connectivity index (χ2n) is 10.4.